The van der Waals surface area contributed by atoms with Gasteiger partial charge in [0.25, 0.3) is 0 Å². The Bertz CT molecular complexity index is 313. The predicted molar refractivity (Wildman–Crippen MR) is 52.8 cm³/mol. The molecule has 1 aromatic heterocycles. The van der Waals surface area contributed by atoms with Crippen LogP contribution in [0.2, 0.25) is 0 Å². The summed E-state index contributed by atoms with van der Waals surface area (Å²) in [5.41, 5.74) is 3.13. The SMILES string of the molecule is C=Nc1cnccc1/C(C)=C\C. The molecule has 1 aromatic rings. The van der Waals surface area contributed by atoms with Gasteiger partial charge in [-0.1, -0.05) is 6.08 Å². The number of hydrogen-bond acceptors (Lipinski definition) is 2. The monoisotopic (exact) mass is 160 g/mol. The summed E-state index contributed by atoms with van der Waals surface area (Å²) in [6.45, 7) is 7.54. The zero-order valence-corrected chi connectivity index (χ0v) is 7.41. The molecule has 0 unspecified atom stereocenters. The third-order valence-electron chi connectivity index (χ3n) is 1.83. The summed E-state index contributed by atoms with van der Waals surface area (Å²) in [4.78, 5) is 7.86. The van der Waals surface area contributed by atoms with E-state index in [1.54, 1.807) is 12.4 Å². The maximum absolute atomic E-state index is 3.97. The van der Waals surface area contributed by atoms with Gasteiger partial charge in [0.05, 0.1) is 11.9 Å². The lowest BCUT2D eigenvalue weighted by Gasteiger charge is -2.02. The van der Waals surface area contributed by atoms with E-state index in [2.05, 4.69) is 16.7 Å². The molecule has 1 rings (SSSR count). The summed E-state index contributed by atoms with van der Waals surface area (Å²) < 4.78 is 0. The van der Waals surface area contributed by atoms with Crippen LogP contribution in [0.4, 0.5) is 5.69 Å². The molecule has 0 aliphatic rings. The van der Waals surface area contributed by atoms with Crippen molar-refractivity contribution in [1.82, 2.24) is 4.98 Å². The van der Waals surface area contributed by atoms with E-state index in [9.17, 15) is 0 Å². The summed E-state index contributed by atoms with van der Waals surface area (Å²) in [5, 5.41) is 0. The third kappa shape index (κ3) is 1.59. The second kappa shape index (κ2) is 3.81. The van der Waals surface area contributed by atoms with Gasteiger partial charge in [0, 0.05) is 11.8 Å². The first-order chi connectivity index (χ1) is 5.79. The highest BCUT2D eigenvalue weighted by Crippen LogP contribution is 2.23. The second-order valence-corrected chi connectivity index (χ2v) is 2.52. The average Bonchev–Trinajstić information content (AvgIpc) is 2.16. The van der Waals surface area contributed by atoms with E-state index >= 15 is 0 Å². The Morgan fingerprint density at radius 2 is 2.42 bits per heavy atom. The van der Waals surface area contributed by atoms with Crippen molar-refractivity contribution in [3.63, 3.8) is 0 Å². The van der Waals surface area contributed by atoms with Crippen LogP contribution in [-0.2, 0) is 0 Å². The average molecular weight is 160 g/mol. The van der Waals surface area contributed by atoms with Crippen molar-refractivity contribution < 1.29 is 0 Å². The number of pyridine rings is 1. The van der Waals surface area contributed by atoms with Gasteiger partial charge in [0.2, 0.25) is 0 Å². The van der Waals surface area contributed by atoms with Crippen molar-refractivity contribution in [2.45, 2.75) is 13.8 Å². The van der Waals surface area contributed by atoms with E-state index in [-0.39, 0.29) is 0 Å². The van der Waals surface area contributed by atoms with Gasteiger partial charge in [-0.05, 0) is 32.2 Å². The van der Waals surface area contributed by atoms with Crippen LogP contribution < -0.4 is 0 Å². The zero-order valence-electron chi connectivity index (χ0n) is 7.41. The Hall–Kier alpha value is -1.44. The van der Waals surface area contributed by atoms with Gasteiger partial charge < -0.3 is 0 Å². The van der Waals surface area contributed by atoms with Gasteiger partial charge in [-0.3, -0.25) is 9.98 Å². The quantitative estimate of drug-likeness (QED) is 0.611. The highest BCUT2D eigenvalue weighted by molar-refractivity contribution is 5.73. The number of aliphatic imine (C=N–C) groups is 1. The molecule has 0 aliphatic carbocycles. The fourth-order valence-corrected chi connectivity index (χ4v) is 1.00. The molecule has 0 fully saturated rings. The molecule has 0 amide bonds. The second-order valence-electron chi connectivity index (χ2n) is 2.52. The largest absolute Gasteiger partial charge is 0.262 e. The first-order valence-corrected chi connectivity index (χ1v) is 3.83. The Kier molecular flexibility index (Phi) is 2.75. The van der Waals surface area contributed by atoms with Crippen LogP contribution in [0.5, 0.6) is 0 Å². The maximum Gasteiger partial charge on any atom is 0.0880 e. The number of hydrogen-bond donors (Lipinski definition) is 0. The molecule has 0 saturated carbocycles. The van der Waals surface area contributed by atoms with E-state index in [0.717, 1.165) is 11.3 Å². The number of nitrogens with zero attached hydrogens (tertiary/aromatic N) is 2. The molecule has 0 radical (unpaired) electrons. The van der Waals surface area contributed by atoms with Crippen molar-refractivity contribution in [1.29, 1.82) is 0 Å². The Morgan fingerprint density at radius 1 is 1.67 bits per heavy atom. The van der Waals surface area contributed by atoms with Crippen LogP contribution in [0.3, 0.4) is 0 Å². The lowest BCUT2D eigenvalue weighted by Crippen LogP contribution is -1.81. The molecule has 0 atom stereocenters. The number of allylic oxidation sites excluding steroid dienone is 2. The van der Waals surface area contributed by atoms with Gasteiger partial charge >= 0.3 is 0 Å². The number of aromatic nitrogens is 1. The molecule has 0 spiro atoms. The predicted octanol–water partition coefficient (Wildman–Crippen LogP) is 2.84. The first kappa shape index (κ1) is 8.65. The standard InChI is InChI=1S/C10H12N2/c1-4-8(2)9-5-6-12-7-10(9)11-3/h4-7H,3H2,1-2H3/b8-4-. The summed E-state index contributed by atoms with van der Waals surface area (Å²) in [7, 11) is 0. The highest BCUT2D eigenvalue weighted by atomic mass is 14.7. The molecule has 0 aromatic carbocycles. The summed E-state index contributed by atoms with van der Waals surface area (Å²) >= 11 is 0. The van der Waals surface area contributed by atoms with Crippen molar-refractivity contribution in [3.8, 4) is 0 Å². The molecule has 12 heavy (non-hydrogen) atoms. The molecular weight excluding hydrogens is 148 g/mol. The lowest BCUT2D eigenvalue weighted by molar-refractivity contribution is 1.29. The van der Waals surface area contributed by atoms with Crippen molar-refractivity contribution in [3.05, 3.63) is 30.1 Å². The smallest absolute Gasteiger partial charge is 0.0880 e. The molecule has 62 valence electrons. The minimum atomic E-state index is 0.841. The highest BCUT2D eigenvalue weighted by Gasteiger charge is 1.99. The van der Waals surface area contributed by atoms with Crippen molar-refractivity contribution >= 4 is 18.0 Å². The van der Waals surface area contributed by atoms with Crippen LogP contribution in [0.25, 0.3) is 5.57 Å². The molecule has 1 heterocycles. The summed E-state index contributed by atoms with van der Waals surface area (Å²) in [6, 6.07) is 1.94. The lowest BCUT2D eigenvalue weighted by atomic mass is 10.1. The Balaban J connectivity index is 3.22. The Morgan fingerprint density at radius 3 is 3.00 bits per heavy atom. The van der Waals surface area contributed by atoms with E-state index in [0.29, 0.717) is 0 Å². The first-order valence-electron chi connectivity index (χ1n) is 3.83. The van der Waals surface area contributed by atoms with E-state index in [1.807, 2.05) is 26.0 Å². The molecule has 2 heteroatoms. The van der Waals surface area contributed by atoms with Crippen molar-refractivity contribution in [2.24, 2.45) is 4.99 Å². The minimum Gasteiger partial charge on any atom is -0.262 e. The van der Waals surface area contributed by atoms with Crippen LogP contribution >= 0.6 is 0 Å². The minimum absolute atomic E-state index is 0.841. The summed E-state index contributed by atoms with van der Waals surface area (Å²) in [6.07, 6.45) is 5.52. The molecular formula is C10H12N2. The van der Waals surface area contributed by atoms with Crippen molar-refractivity contribution in [2.75, 3.05) is 0 Å². The van der Waals surface area contributed by atoms with E-state index in [4.69, 9.17) is 0 Å². The van der Waals surface area contributed by atoms with Crippen LogP contribution in [0, 0.1) is 0 Å². The normalized spacial score (nSPS) is 11.3. The molecule has 0 aliphatic heterocycles. The topological polar surface area (TPSA) is 25.2 Å². The fraction of sp³-hybridized carbons (Fsp3) is 0.200. The van der Waals surface area contributed by atoms with Gasteiger partial charge in [-0.15, -0.1) is 0 Å². The third-order valence-corrected chi connectivity index (χ3v) is 1.83. The molecule has 0 N–H and O–H groups in total. The molecule has 0 bridgehead atoms. The zero-order chi connectivity index (χ0) is 8.97. The molecule has 0 saturated heterocycles. The van der Waals surface area contributed by atoms with Gasteiger partial charge in [0.15, 0.2) is 0 Å². The van der Waals surface area contributed by atoms with E-state index < -0.39 is 0 Å². The van der Waals surface area contributed by atoms with Crippen LogP contribution in [0.1, 0.15) is 19.4 Å². The Labute approximate surface area is 72.7 Å². The number of rotatable bonds is 2. The summed E-state index contributed by atoms with van der Waals surface area (Å²) in [5.74, 6) is 0. The fourth-order valence-electron chi connectivity index (χ4n) is 1.00. The van der Waals surface area contributed by atoms with Gasteiger partial charge in [0.1, 0.15) is 0 Å². The van der Waals surface area contributed by atoms with Crippen LogP contribution in [-0.4, -0.2) is 11.7 Å². The van der Waals surface area contributed by atoms with Gasteiger partial charge in [-0.2, -0.15) is 0 Å². The molecule has 2 nitrogen and oxygen atoms in total. The van der Waals surface area contributed by atoms with Gasteiger partial charge in [-0.25, -0.2) is 0 Å². The maximum atomic E-state index is 3.97. The van der Waals surface area contributed by atoms with Crippen LogP contribution in [0.15, 0.2) is 29.5 Å². The van der Waals surface area contributed by atoms with E-state index in [1.165, 1.54) is 5.57 Å².